The number of ether oxygens (including phenoxy) is 1. The van der Waals surface area contributed by atoms with Crippen LogP contribution in [0.15, 0.2) is 54.6 Å². The summed E-state index contributed by atoms with van der Waals surface area (Å²) in [6.07, 6.45) is 5.33. The summed E-state index contributed by atoms with van der Waals surface area (Å²) in [6, 6.07) is 15.5. The Labute approximate surface area is 172 Å². The molecule has 1 fully saturated rings. The maximum Gasteiger partial charge on any atom is 0.331 e. The van der Waals surface area contributed by atoms with Gasteiger partial charge in [-0.1, -0.05) is 12.1 Å². The summed E-state index contributed by atoms with van der Waals surface area (Å²) >= 11 is 1.49. The van der Waals surface area contributed by atoms with E-state index in [4.69, 9.17) is 4.74 Å². The van der Waals surface area contributed by atoms with Crippen molar-refractivity contribution in [1.82, 2.24) is 4.98 Å². The molecule has 1 amide bonds. The third-order valence-electron chi connectivity index (χ3n) is 4.64. The fraction of sp³-hybridized carbons (Fsp3) is 0.227. The van der Waals surface area contributed by atoms with E-state index in [1.165, 1.54) is 30.3 Å². The normalized spacial score (nSPS) is 13.9. The van der Waals surface area contributed by atoms with E-state index in [-0.39, 0.29) is 12.5 Å². The Hall–Kier alpha value is -3.19. The van der Waals surface area contributed by atoms with Crippen molar-refractivity contribution in [2.45, 2.75) is 12.8 Å². The molecule has 1 aliphatic rings. The molecule has 0 radical (unpaired) electrons. The molecule has 2 heterocycles. The van der Waals surface area contributed by atoms with Crippen molar-refractivity contribution in [3.05, 3.63) is 59.6 Å². The number of hydrogen-bond donors (Lipinski definition) is 1. The first-order valence-corrected chi connectivity index (χ1v) is 10.3. The standard InChI is InChI=1S/C22H21N3O3S/c26-20(23-16-7-9-17(10-8-16)25-13-3-4-14-25)15-28-22(27)12-11-21-24-18-5-1-2-6-19(18)29-21/h1-2,5-12H,3-4,13-15H2,(H,23,26)/b12-11+. The van der Waals surface area contributed by atoms with Crippen molar-refractivity contribution in [2.24, 2.45) is 0 Å². The fourth-order valence-electron chi connectivity index (χ4n) is 3.21. The third kappa shape index (κ3) is 5.00. The number of benzene rings is 2. The second-order valence-electron chi connectivity index (χ2n) is 6.75. The van der Waals surface area contributed by atoms with Gasteiger partial charge in [0.05, 0.1) is 10.2 Å². The van der Waals surface area contributed by atoms with Crippen LogP contribution in [0.1, 0.15) is 17.8 Å². The van der Waals surface area contributed by atoms with Gasteiger partial charge in [-0.2, -0.15) is 0 Å². The van der Waals surface area contributed by atoms with E-state index in [0.717, 1.165) is 29.0 Å². The van der Waals surface area contributed by atoms with Crippen LogP contribution in [0.3, 0.4) is 0 Å². The van der Waals surface area contributed by atoms with Crippen molar-refractivity contribution >= 4 is 50.9 Å². The molecule has 148 valence electrons. The molecule has 0 bridgehead atoms. The predicted octanol–water partition coefficient (Wildman–Crippen LogP) is 4.09. The highest BCUT2D eigenvalue weighted by Crippen LogP contribution is 2.23. The minimum Gasteiger partial charge on any atom is -0.452 e. The van der Waals surface area contributed by atoms with Gasteiger partial charge in [0.2, 0.25) is 0 Å². The summed E-state index contributed by atoms with van der Waals surface area (Å²) in [5.74, 6) is -0.954. The summed E-state index contributed by atoms with van der Waals surface area (Å²) in [4.78, 5) is 30.6. The summed E-state index contributed by atoms with van der Waals surface area (Å²) in [5, 5.41) is 3.45. The van der Waals surface area contributed by atoms with Crippen molar-refractivity contribution in [1.29, 1.82) is 0 Å². The van der Waals surface area contributed by atoms with E-state index in [1.807, 2.05) is 48.5 Å². The molecule has 29 heavy (non-hydrogen) atoms. The zero-order valence-corrected chi connectivity index (χ0v) is 16.7. The van der Waals surface area contributed by atoms with Crippen LogP contribution < -0.4 is 10.2 Å². The minimum absolute atomic E-state index is 0.336. The maximum absolute atomic E-state index is 12.0. The van der Waals surface area contributed by atoms with E-state index in [9.17, 15) is 9.59 Å². The minimum atomic E-state index is -0.580. The van der Waals surface area contributed by atoms with Gasteiger partial charge in [-0.15, -0.1) is 11.3 Å². The molecule has 1 N–H and O–H groups in total. The van der Waals surface area contributed by atoms with Gasteiger partial charge in [-0.25, -0.2) is 9.78 Å². The van der Waals surface area contributed by atoms with Crippen LogP contribution in [-0.2, 0) is 14.3 Å². The number of rotatable bonds is 6. The van der Waals surface area contributed by atoms with Gasteiger partial charge in [0.1, 0.15) is 5.01 Å². The molecule has 6 nitrogen and oxygen atoms in total. The van der Waals surface area contributed by atoms with Crippen molar-refractivity contribution in [2.75, 3.05) is 29.9 Å². The highest BCUT2D eigenvalue weighted by molar-refractivity contribution is 7.19. The van der Waals surface area contributed by atoms with Gasteiger partial charge in [0.15, 0.2) is 6.61 Å². The Kier molecular flexibility index (Phi) is 5.86. The first-order chi connectivity index (χ1) is 14.2. The summed E-state index contributed by atoms with van der Waals surface area (Å²) in [5.41, 5.74) is 2.73. The molecular weight excluding hydrogens is 386 g/mol. The van der Waals surface area contributed by atoms with Crippen LogP contribution in [0, 0.1) is 0 Å². The maximum atomic E-state index is 12.0. The molecule has 4 rings (SSSR count). The molecular formula is C22H21N3O3S. The summed E-state index contributed by atoms with van der Waals surface area (Å²) in [6.45, 7) is 1.81. The number of carbonyl (C=O) groups is 2. The SMILES string of the molecule is O=C(COC(=O)/C=C/c1nc2ccccc2s1)Nc1ccc(N2CCCC2)cc1. The Bertz CT molecular complexity index is 1000. The van der Waals surface area contributed by atoms with Gasteiger partial charge in [-0.05, 0) is 55.3 Å². The lowest BCUT2D eigenvalue weighted by molar-refractivity contribution is -0.142. The van der Waals surface area contributed by atoms with E-state index in [0.29, 0.717) is 10.7 Å². The number of thiazole rings is 1. The quantitative estimate of drug-likeness (QED) is 0.492. The van der Waals surface area contributed by atoms with Gasteiger partial charge >= 0.3 is 5.97 Å². The largest absolute Gasteiger partial charge is 0.452 e. The summed E-state index contributed by atoms with van der Waals surface area (Å²) in [7, 11) is 0. The monoisotopic (exact) mass is 407 g/mol. The first kappa shape index (κ1) is 19.1. The number of carbonyl (C=O) groups excluding carboxylic acids is 2. The number of amides is 1. The van der Waals surface area contributed by atoms with Gasteiger partial charge in [0.25, 0.3) is 5.91 Å². The molecule has 3 aromatic rings. The number of nitrogens with zero attached hydrogens (tertiary/aromatic N) is 2. The van der Waals surface area contributed by atoms with Gasteiger partial charge < -0.3 is 15.0 Å². The van der Waals surface area contributed by atoms with E-state index >= 15 is 0 Å². The van der Waals surface area contributed by atoms with Crippen LogP contribution in [-0.4, -0.2) is 36.6 Å². The second kappa shape index (κ2) is 8.87. The molecule has 0 spiro atoms. The van der Waals surface area contributed by atoms with Crippen LogP contribution in [0.2, 0.25) is 0 Å². The molecule has 0 aliphatic carbocycles. The predicted molar refractivity (Wildman–Crippen MR) is 116 cm³/mol. The molecule has 1 saturated heterocycles. The van der Waals surface area contributed by atoms with Crippen molar-refractivity contribution in [3.8, 4) is 0 Å². The average molecular weight is 407 g/mol. The van der Waals surface area contributed by atoms with Crippen molar-refractivity contribution < 1.29 is 14.3 Å². The zero-order chi connectivity index (χ0) is 20.1. The topological polar surface area (TPSA) is 71.5 Å². The number of esters is 1. The van der Waals surface area contributed by atoms with Crippen LogP contribution >= 0.6 is 11.3 Å². The number of fused-ring (bicyclic) bond motifs is 1. The summed E-state index contributed by atoms with van der Waals surface area (Å²) < 4.78 is 6.06. The van der Waals surface area contributed by atoms with E-state index in [1.54, 1.807) is 6.08 Å². The first-order valence-electron chi connectivity index (χ1n) is 9.53. The highest BCUT2D eigenvalue weighted by Gasteiger charge is 2.12. The van der Waals surface area contributed by atoms with E-state index in [2.05, 4.69) is 15.2 Å². The molecule has 1 aliphatic heterocycles. The molecule has 1 aromatic heterocycles. The Morgan fingerprint density at radius 3 is 2.62 bits per heavy atom. The number of aromatic nitrogens is 1. The Balaban J connectivity index is 1.25. The number of hydrogen-bond acceptors (Lipinski definition) is 6. The Morgan fingerprint density at radius 2 is 1.86 bits per heavy atom. The molecule has 0 unspecified atom stereocenters. The third-order valence-corrected chi connectivity index (χ3v) is 5.64. The zero-order valence-electron chi connectivity index (χ0n) is 15.8. The Morgan fingerprint density at radius 1 is 1.10 bits per heavy atom. The van der Waals surface area contributed by atoms with Gasteiger partial charge in [-0.3, -0.25) is 4.79 Å². The number of para-hydroxylation sites is 1. The lowest BCUT2D eigenvalue weighted by atomic mass is 10.2. The van der Waals surface area contributed by atoms with Crippen LogP contribution in [0.4, 0.5) is 11.4 Å². The molecule has 0 saturated carbocycles. The van der Waals surface area contributed by atoms with Crippen LogP contribution in [0.5, 0.6) is 0 Å². The molecule has 0 atom stereocenters. The average Bonchev–Trinajstić information content (AvgIpc) is 3.41. The smallest absolute Gasteiger partial charge is 0.331 e. The number of nitrogens with one attached hydrogen (secondary N) is 1. The van der Waals surface area contributed by atoms with Crippen LogP contribution in [0.25, 0.3) is 16.3 Å². The fourth-order valence-corrected chi connectivity index (χ4v) is 4.08. The van der Waals surface area contributed by atoms with E-state index < -0.39 is 5.97 Å². The lowest BCUT2D eigenvalue weighted by Crippen LogP contribution is -2.20. The lowest BCUT2D eigenvalue weighted by Gasteiger charge is -2.17. The second-order valence-corrected chi connectivity index (χ2v) is 7.81. The van der Waals surface area contributed by atoms with Crippen molar-refractivity contribution in [3.63, 3.8) is 0 Å². The number of anilines is 2. The highest BCUT2D eigenvalue weighted by atomic mass is 32.1. The molecule has 7 heteroatoms. The van der Waals surface area contributed by atoms with Gasteiger partial charge in [0, 0.05) is 30.5 Å². The molecule has 2 aromatic carbocycles.